The van der Waals surface area contributed by atoms with E-state index >= 15 is 0 Å². The Morgan fingerprint density at radius 2 is 2.22 bits per heavy atom. The smallest absolute Gasteiger partial charge is 0.323 e. The van der Waals surface area contributed by atoms with Crippen LogP contribution in [0.15, 0.2) is 0 Å². The van der Waals surface area contributed by atoms with E-state index in [9.17, 15) is 9.90 Å². The SMILES string of the molecule is CCCC(C)(NCc1c(C)nn(C)c1Cl)C(=O)O. The summed E-state index contributed by atoms with van der Waals surface area (Å²) in [6.07, 6.45) is 1.37. The molecule has 0 aliphatic rings. The highest BCUT2D eigenvalue weighted by Crippen LogP contribution is 2.20. The molecule has 1 aromatic rings. The van der Waals surface area contributed by atoms with Crippen LogP contribution in [-0.2, 0) is 18.4 Å². The molecule has 0 aromatic carbocycles. The van der Waals surface area contributed by atoms with E-state index in [1.165, 1.54) is 0 Å². The summed E-state index contributed by atoms with van der Waals surface area (Å²) in [5.41, 5.74) is 0.738. The molecule has 5 nitrogen and oxygen atoms in total. The zero-order valence-corrected chi connectivity index (χ0v) is 12.0. The van der Waals surface area contributed by atoms with Crippen LogP contribution in [0.25, 0.3) is 0 Å². The standard InChI is InChI=1S/C12H20ClN3O2/c1-5-6-12(3,11(17)18)14-7-9-8(2)15-16(4)10(9)13/h14H,5-7H2,1-4H3,(H,17,18). The molecule has 0 bridgehead atoms. The van der Waals surface area contributed by atoms with Crippen molar-refractivity contribution in [2.45, 2.75) is 45.7 Å². The predicted octanol–water partition coefficient (Wildman–Crippen LogP) is 2.11. The van der Waals surface area contributed by atoms with Crippen LogP contribution in [-0.4, -0.2) is 26.4 Å². The highest BCUT2D eigenvalue weighted by molar-refractivity contribution is 6.30. The molecule has 0 aliphatic heterocycles. The van der Waals surface area contributed by atoms with Crippen LogP contribution >= 0.6 is 11.6 Å². The van der Waals surface area contributed by atoms with Crippen molar-refractivity contribution in [1.82, 2.24) is 15.1 Å². The van der Waals surface area contributed by atoms with Gasteiger partial charge in [-0.15, -0.1) is 0 Å². The molecule has 6 heteroatoms. The Bertz CT molecular complexity index is 445. The molecule has 0 saturated carbocycles. The lowest BCUT2D eigenvalue weighted by Crippen LogP contribution is -2.49. The number of hydrogen-bond acceptors (Lipinski definition) is 3. The van der Waals surface area contributed by atoms with E-state index in [1.54, 1.807) is 18.7 Å². The lowest BCUT2D eigenvalue weighted by molar-refractivity contribution is -0.144. The first kappa shape index (κ1) is 15.0. The van der Waals surface area contributed by atoms with Crippen LogP contribution < -0.4 is 5.32 Å². The fraction of sp³-hybridized carbons (Fsp3) is 0.667. The second-order valence-corrected chi connectivity index (χ2v) is 5.08. The van der Waals surface area contributed by atoms with Gasteiger partial charge in [0.2, 0.25) is 0 Å². The number of rotatable bonds is 6. The van der Waals surface area contributed by atoms with Gasteiger partial charge in [0.25, 0.3) is 0 Å². The number of nitrogens with zero attached hydrogens (tertiary/aromatic N) is 2. The maximum atomic E-state index is 11.3. The molecule has 0 aliphatic carbocycles. The minimum absolute atomic E-state index is 0.404. The van der Waals surface area contributed by atoms with Crippen LogP contribution in [0.3, 0.4) is 0 Å². The molecule has 1 rings (SSSR count). The molecule has 0 radical (unpaired) electrons. The largest absolute Gasteiger partial charge is 0.480 e. The maximum absolute atomic E-state index is 11.3. The number of aryl methyl sites for hydroxylation is 2. The van der Waals surface area contributed by atoms with Crippen molar-refractivity contribution in [3.8, 4) is 0 Å². The Morgan fingerprint density at radius 1 is 1.61 bits per heavy atom. The topological polar surface area (TPSA) is 67.2 Å². The van der Waals surface area contributed by atoms with Gasteiger partial charge >= 0.3 is 5.97 Å². The highest BCUT2D eigenvalue weighted by Gasteiger charge is 2.31. The molecule has 1 unspecified atom stereocenters. The van der Waals surface area contributed by atoms with Crippen molar-refractivity contribution >= 4 is 17.6 Å². The van der Waals surface area contributed by atoms with E-state index in [2.05, 4.69) is 10.4 Å². The van der Waals surface area contributed by atoms with E-state index < -0.39 is 11.5 Å². The Morgan fingerprint density at radius 3 is 2.61 bits per heavy atom. The summed E-state index contributed by atoms with van der Waals surface area (Å²) in [6, 6.07) is 0. The van der Waals surface area contributed by atoms with Crippen LogP contribution in [0.5, 0.6) is 0 Å². The Hall–Kier alpha value is -1.07. The molecule has 0 amide bonds. The van der Waals surface area contributed by atoms with Gasteiger partial charge in [-0.2, -0.15) is 5.10 Å². The molecule has 1 heterocycles. The van der Waals surface area contributed by atoms with Gasteiger partial charge in [0.15, 0.2) is 0 Å². The number of aromatic nitrogens is 2. The minimum atomic E-state index is -0.930. The van der Waals surface area contributed by atoms with Crippen molar-refractivity contribution < 1.29 is 9.90 Å². The number of nitrogens with one attached hydrogen (secondary N) is 1. The molecule has 102 valence electrons. The molecule has 0 fully saturated rings. The van der Waals surface area contributed by atoms with E-state index in [4.69, 9.17) is 11.6 Å². The maximum Gasteiger partial charge on any atom is 0.323 e. The van der Waals surface area contributed by atoms with Crippen molar-refractivity contribution in [2.24, 2.45) is 7.05 Å². The second-order valence-electron chi connectivity index (χ2n) is 4.72. The number of hydrogen-bond donors (Lipinski definition) is 2. The summed E-state index contributed by atoms with van der Waals surface area (Å²) in [5.74, 6) is -0.845. The number of carbonyl (C=O) groups is 1. The summed E-state index contributed by atoms with van der Waals surface area (Å²) in [7, 11) is 1.77. The van der Waals surface area contributed by atoms with Crippen LogP contribution in [0.4, 0.5) is 0 Å². The summed E-state index contributed by atoms with van der Waals surface area (Å²) in [6.45, 7) is 5.92. The number of carboxylic acids is 1. The highest BCUT2D eigenvalue weighted by atomic mass is 35.5. The molecule has 18 heavy (non-hydrogen) atoms. The molecule has 1 aromatic heterocycles. The summed E-state index contributed by atoms with van der Waals surface area (Å²) < 4.78 is 1.59. The number of halogens is 1. The van der Waals surface area contributed by atoms with E-state index in [-0.39, 0.29) is 0 Å². The normalized spacial score (nSPS) is 14.5. The summed E-state index contributed by atoms with van der Waals surface area (Å²) in [4.78, 5) is 11.3. The van der Waals surface area contributed by atoms with Crippen molar-refractivity contribution in [3.63, 3.8) is 0 Å². The molecular formula is C12H20ClN3O2. The molecule has 2 N–H and O–H groups in total. The Kier molecular flexibility index (Phi) is 4.76. The Labute approximate surface area is 112 Å². The van der Waals surface area contributed by atoms with Gasteiger partial charge in [0, 0.05) is 19.2 Å². The third-order valence-corrected chi connectivity index (χ3v) is 3.62. The Balaban J connectivity index is 2.82. The van der Waals surface area contributed by atoms with Crippen LogP contribution in [0, 0.1) is 6.92 Å². The van der Waals surface area contributed by atoms with Crippen LogP contribution in [0.1, 0.15) is 37.9 Å². The monoisotopic (exact) mass is 273 g/mol. The number of aliphatic carboxylic acids is 1. The van der Waals surface area contributed by atoms with Gasteiger partial charge in [-0.1, -0.05) is 24.9 Å². The summed E-state index contributed by atoms with van der Waals surface area (Å²) in [5, 5.41) is 17.1. The third-order valence-electron chi connectivity index (χ3n) is 3.15. The third kappa shape index (κ3) is 3.03. The summed E-state index contributed by atoms with van der Waals surface area (Å²) >= 11 is 6.11. The predicted molar refractivity (Wildman–Crippen MR) is 70.7 cm³/mol. The molecule has 1 atom stereocenters. The fourth-order valence-electron chi connectivity index (χ4n) is 1.93. The van der Waals surface area contributed by atoms with Gasteiger partial charge in [0.05, 0.1) is 5.69 Å². The van der Waals surface area contributed by atoms with E-state index in [1.807, 2.05) is 13.8 Å². The lowest BCUT2D eigenvalue weighted by atomic mass is 9.96. The first-order valence-electron chi connectivity index (χ1n) is 5.98. The average molecular weight is 274 g/mol. The molecule has 0 spiro atoms. The zero-order chi connectivity index (χ0) is 13.9. The van der Waals surface area contributed by atoms with Crippen molar-refractivity contribution in [3.05, 3.63) is 16.4 Å². The first-order chi connectivity index (χ1) is 8.31. The molecule has 0 saturated heterocycles. The molecular weight excluding hydrogens is 254 g/mol. The van der Waals surface area contributed by atoms with Crippen molar-refractivity contribution in [1.29, 1.82) is 0 Å². The number of carboxylic acid groups (broad SMARTS) is 1. The van der Waals surface area contributed by atoms with Gasteiger partial charge in [-0.05, 0) is 20.3 Å². The van der Waals surface area contributed by atoms with E-state index in [0.29, 0.717) is 18.1 Å². The van der Waals surface area contributed by atoms with Crippen molar-refractivity contribution in [2.75, 3.05) is 0 Å². The second kappa shape index (κ2) is 5.71. The quantitative estimate of drug-likeness (QED) is 0.833. The van der Waals surface area contributed by atoms with E-state index in [0.717, 1.165) is 17.7 Å². The first-order valence-corrected chi connectivity index (χ1v) is 6.36. The van der Waals surface area contributed by atoms with Gasteiger partial charge in [0.1, 0.15) is 10.7 Å². The minimum Gasteiger partial charge on any atom is -0.480 e. The fourth-order valence-corrected chi connectivity index (χ4v) is 2.17. The van der Waals surface area contributed by atoms with Crippen LogP contribution in [0.2, 0.25) is 5.15 Å². The van der Waals surface area contributed by atoms with Gasteiger partial charge in [-0.25, -0.2) is 0 Å². The average Bonchev–Trinajstić information content (AvgIpc) is 2.51. The van der Waals surface area contributed by atoms with Gasteiger partial charge < -0.3 is 5.11 Å². The lowest BCUT2D eigenvalue weighted by Gasteiger charge is -2.25. The van der Waals surface area contributed by atoms with Gasteiger partial charge in [-0.3, -0.25) is 14.8 Å². The zero-order valence-electron chi connectivity index (χ0n) is 11.2.